The predicted molar refractivity (Wildman–Crippen MR) is 142 cm³/mol. The quantitative estimate of drug-likeness (QED) is 0.297. The molecule has 0 amide bonds. The van der Waals surface area contributed by atoms with Gasteiger partial charge in [0.1, 0.15) is 23.6 Å². The number of carbonyl (C=O) groups excluding carboxylic acids is 1. The zero-order valence-electron chi connectivity index (χ0n) is 21.7. The third-order valence-electron chi connectivity index (χ3n) is 6.78. The van der Waals surface area contributed by atoms with Crippen LogP contribution < -0.4 is 4.74 Å². The highest BCUT2D eigenvalue weighted by molar-refractivity contribution is 7.89. The van der Waals surface area contributed by atoms with Crippen molar-refractivity contribution in [2.75, 3.05) is 20.2 Å². The van der Waals surface area contributed by atoms with Gasteiger partial charge in [-0.05, 0) is 86.7 Å². The van der Waals surface area contributed by atoms with Crippen molar-refractivity contribution >= 4 is 27.0 Å². The van der Waals surface area contributed by atoms with Crippen molar-refractivity contribution in [3.05, 3.63) is 66.6 Å². The predicted octanol–water partition coefficient (Wildman–Crippen LogP) is 4.82. The van der Waals surface area contributed by atoms with Gasteiger partial charge in [0.25, 0.3) is 0 Å². The first kappa shape index (κ1) is 26.0. The van der Waals surface area contributed by atoms with Crippen LogP contribution in [0.3, 0.4) is 0 Å². The van der Waals surface area contributed by atoms with E-state index in [1.807, 2.05) is 38.2 Å². The number of sulfonamides is 1. The van der Waals surface area contributed by atoms with Gasteiger partial charge in [0.05, 0.1) is 24.4 Å². The second-order valence-electron chi connectivity index (χ2n) is 9.65. The molecule has 1 saturated heterocycles. The van der Waals surface area contributed by atoms with Crippen molar-refractivity contribution in [3.8, 4) is 17.2 Å². The van der Waals surface area contributed by atoms with E-state index in [1.54, 1.807) is 45.5 Å². The molecule has 1 fully saturated rings. The van der Waals surface area contributed by atoms with Crippen molar-refractivity contribution in [2.45, 2.75) is 50.2 Å². The van der Waals surface area contributed by atoms with Crippen molar-refractivity contribution in [1.82, 2.24) is 13.9 Å². The summed E-state index contributed by atoms with van der Waals surface area (Å²) in [5.74, 6) is 1.04. The largest absolute Gasteiger partial charge is 0.491 e. The molecule has 9 nitrogen and oxygen atoms in total. The van der Waals surface area contributed by atoms with Crippen molar-refractivity contribution in [2.24, 2.45) is 0 Å². The minimum atomic E-state index is -3.61. The molecule has 1 aromatic carbocycles. The number of fused-ring (bicyclic) bond motifs is 1. The Morgan fingerprint density at radius 2 is 1.84 bits per heavy atom. The van der Waals surface area contributed by atoms with E-state index in [0.29, 0.717) is 48.8 Å². The molecule has 0 N–H and O–H groups in total. The average Bonchev–Trinajstić information content (AvgIpc) is 3.57. The third kappa shape index (κ3) is 5.19. The number of pyridine rings is 1. The van der Waals surface area contributed by atoms with Gasteiger partial charge >= 0.3 is 5.97 Å². The fourth-order valence-corrected chi connectivity index (χ4v) is 6.39. The molecular weight excluding hydrogens is 506 g/mol. The molecule has 4 aromatic rings. The highest BCUT2D eigenvalue weighted by atomic mass is 32.2. The zero-order chi connectivity index (χ0) is 26.9. The number of methoxy groups -OCH3 is 1. The van der Waals surface area contributed by atoms with Crippen LogP contribution in [0.5, 0.6) is 5.75 Å². The Morgan fingerprint density at radius 3 is 2.47 bits per heavy atom. The number of aromatic nitrogens is 2. The molecule has 10 heteroatoms. The van der Waals surface area contributed by atoms with Crippen LogP contribution in [0.1, 0.15) is 38.2 Å². The first-order valence-corrected chi connectivity index (χ1v) is 14.1. The van der Waals surface area contributed by atoms with Crippen molar-refractivity contribution < 1.29 is 27.1 Å². The lowest BCUT2D eigenvalue weighted by atomic mass is 9.90. The number of piperidine rings is 1. The van der Waals surface area contributed by atoms with Crippen LogP contribution in [0.2, 0.25) is 0 Å². The van der Waals surface area contributed by atoms with Crippen LogP contribution in [0, 0.1) is 0 Å². The molecule has 1 aliphatic rings. The number of benzene rings is 1. The molecule has 0 radical (unpaired) electrons. The van der Waals surface area contributed by atoms with E-state index in [1.165, 1.54) is 7.11 Å². The lowest BCUT2D eigenvalue weighted by Crippen LogP contribution is -2.37. The van der Waals surface area contributed by atoms with Gasteiger partial charge in [-0.1, -0.05) is 0 Å². The van der Waals surface area contributed by atoms with E-state index in [-0.39, 0.29) is 29.4 Å². The van der Waals surface area contributed by atoms with Crippen molar-refractivity contribution in [3.63, 3.8) is 0 Å². The SMILES string of the molecule is COC(=O)Cn1cc(C2CCN(S(=O)(=O)c3ccc(OC(C)C)cc3)CC2)c2ccc(-c3ccco3)nc21. The summed E-state index contributed by atoms with van der Waals surface area (Å²) in [6.45, 7) is 4.69. The second-order valence-corrected chi connectivity index (χ2v) is 11.6. The zero-order valence-corrected chi connectivity index (χ0v) is 22.5. The summed E-state index contributed by atoms with van der Waals surface area (Å²) in [4.78, 5) is 17.2. The fourth-order valence-electron chi connectivity index (χ4n) is 4.92. The van der Waals surface area contributed by atoms with E-state index in [0.717, 1.165) is 10.9 Å². The Labute approximate surface area is 222 Å². The molecule has 0 spiro atoms. The monoisotopic (exact) mass is 537 g/mol. The van der Waals surface area contributed by atoms with Crippen LogP contribution in [0.4, 0.5) is 0 Å². The van der Waals surface area contributed by atoms with Gasteiger partial charge in [0, 0.05) is 24.7 Å². The summed E-state index contributed by atoms with van der Waals surface area (Å²) in [5, 5.41) is 0.936. The summed E-state index contributed by atoms with van der Waals surface area (Å²) in [6, 6.07) is 14.1. The minimum Gasteiger partial charge on any atom is -0.491 e. The first-order valence-electron chi connectivity index (χ1n) is 12.6. The van der Waals surface area contributed by atoms with Crippen molar-refractivity contribution in [1.29, 1.82) is 0 Å². The highest BCUT2D eigenvalue weighted by Crippen LogP contribution is 2.36. The number of ether oxygens (including phenoxy) is 2. The second kappa shape index (κ2) is 10.6. The normalized spacial score (nSPS) is 15.3. The van der Waals surface area contributed by atoms with Gasteiger partial charge in [0.15, 0.2) is 5.76 Å². The Bertz CT molecular complexity index is 1520. The maximum absolute atomic E-state index is 13.3. The standard InChI is InChI=1S/C28H31N3O6S/c1-19(2)37-21-6-8-22(9-7-21)38(33,34)31-14-12-20(13-15-31)24-17-30(18-27(32)35-3)28-23(24)10-11-25(29-28)26-5-4-16-36-26/h4-11,16-17,19-20H,12-15,18H2,1-3H3. The average molecular weight is 538 g/mol. The third-order valence-corrected chi connectivity index (χ3v) is 8.69. The number of carbonyl (C=O) groups is 1. The van der Waals surface area contributed by atoms with E-state index >= 15 is 0 Å². The molecule has 5 rings (SSSR count). The number of nitrogens with zero attached hydrogens (tertiary/aromatic N) is 3. The van der Waals surface area contributed by atoms with Gasteiger partial charge in [-0.3, -0.25) is 4.79 Å². The summed E-state index contributed by atoms with van der Waals surface area (Å²) in [5.41, 5.74) is 2.39. The Morgan fingerprint density at radius 1 is 1.11 bits per heavy atom. The van der Waals surface area contributed by atoms with E-state index in [2.05, 4.69) is 0 Å². The maximum atomic E-state index is 13.3. The van der Waals surface area contributed by atoms with Gasteiger partial charge < -0.3 is 18.5 Å². The lowest BCUT2D eigenvalue weighted by molar-refractivity contribution is -0.141. The summed E-state index contributed by atoms with van der Waals surface area (Å²) in [6.07, 6.45) is 4.87. The molecule has 1 aliphatic heterocycles. The van der Waals surface area contributed by atoms with Crippen LogP contribution in [0.15, 0.2) is 70.3 Å². The molecule has 4 heterocycles. The Hall–Kier alpha value is -3.63. The van der Waals surface area contributed by atoms with Crippen LogP contribution in [-0.4, -0.2) is 54.5 Å². The van der Waals surface area contributed by atoms with Crippen LogP contribution in [0.25, 0.3) is 22.5 Å². The summed E-state index contributed by atoms with van der Waals surface area (Å²) < 4.78 is 46.0. The molecule has 0 aliphatic carbocycles. The van der Waals surface area contributed by atoms with E-state index in [9.17, 15) is 13.2 Å². The van der Waals surface area contributed by atoms with Gasteiger partial charge in [-0.15, -0.1) is 0 Å². The molecule has 200 valence electrons. The summed E-state index contributed by atoms with van der Waals surface area (Å²) >= 11 is 0. The Kier molecular flexibility index (Phi) is 7.27. The Balaban J connectivity index is 1.37. The highest BCUT2D eigenvalue weighted by Gasteiger charge is 2.31. The fraction of sp³-hybridized carbons (Fsp3) is 0.357. The summed E-state index contributed by atoms with van der Waals surface area (Å²) in [7, 11) is -2.25. The topological polar surface area (TPSA) is 104 Å². The van der Waals surface area contributed by atoms with E-state index < -0.39 is 10.0 Å². The maximum Gasteiger partial charge on any atom is 0.325 e. The molecule has 0 atom stereocenters. The van der Waals surface area contributed by atoms with Crippen LogP contribution in [-0.2, 0) is 26.1 Å². The number of furan rings is 1. The molecule has 0 saturated carbocycles. The lowest BCUT2D eigenvalue weighted by Gasteiger charge is -2.31. The molecule has 0 unspecified atom stereocenters. The van der Waals surface area contributed by atoms with Gasteiger partial charge in [0.2, 0.25) is 10.0 Å². The van der Waals surface area contributed by atoms with Crippen LogP contribution >= 0.6 is 0 Å². The molecule has 38 heavy (non-hydrogen) atoms. The van der Waals surface area contributed by atoms with Gasteiger partial charge in [-0.25, -0.2) is 13.4 Å². The molecular formula is C28H31N3O6S. The number of hydrogen-bond acceptors (Lipinski definition) is 7. The van der Waals surface area contributed by atoms with Gasteiger partial charge in [-0.2, -0.15) is 4.31 Å². The molecule has 3 aromatic heterocycles. The minimum absolute atomic E-state index is 0.0157. The number of hydrogen-bond donors (Lipinski definition) is 0. The smallest absolute Gasteiger partial charge is 0.325 e. The number of esters is 1. The number of rotatable bonds is 8. The van der Waals surface area contributed by atoms with E-state index in [4.69, 9.17) is 18.9 Å². The first-order chi connectivity index (χ1) is 18.3. The molecule has 0 bridgehead atoms.